The first kappa shape index (κ1) is 15.4. The second-order valence-corrected chi connectivity index (χ2v) is 7.70. The van der Waals surface area contributed by atoms with E-state index in [1.54, 1.807) is 11.3 Å². The largest absolute Gasteiger partial charge is 0.316 e. The van der Waals surface area contributed by atoms with Crippen LogP contribution in [0, 0.1) is 24.2 Å². The number of aryl methyl sites for hydroxylation is 1. The molecule has 2 aromatic rings. The first-order chi connectivity index (χ1) is 11.7. The smallest absolute Gasteiger partial charge is 0.228 e. The first-order valence-corrected chi connectivity index (χ1v) is 9.12. The van der Waals surface area contributed by atoms with Crippen molar-refractivity contribution in [2.75, 3.05) is 11.9 Å². The van der Waals surface area contributed by atoms with E-state index in [0.717, 1.165) is 36.5 Å². The summed E-state index contributed by atoms with van der Waals surface area (Å²) < 4.78 is 0. The molecule has 0 radical (unpaired) electrons. The van der Waals surface area contributed by atoms with Gasteiger partial charge in [-0.1, -0.05) is 29.8 Å². The molecular weight excluding hydrogens is 318 g/mol. The van der Waals surface area contributed by atoms with Crippen molar-refractivity contribution in [2.45, 2.75) is 32.2 Å². The third-order valence-corrected chi connectivity index (χ3v) is 6.02. The predicted octanol–water partition coefficient (Wildman–Crippen LogP) is 3.32. The van der Waals surface area contributed by atoms with Gasteiger partial charge in [-0.05, 0) is 43.4 Å². The van der Waals surface area contributed by atoms with Crippen LogP contribution in [-0.2, 0) is 17.8 Å². The van der Waals surface area contributed by atoms with Crippen molar-refractivity contribution in [1.82, 2.24) is 5.32 Å². The molecule has 4 nitrogen and oxygen atoms in total. The van der Waals surface area contributed by atoms with Crippen LogP contribution in [0.1, 0.15) is 39.5 Å². The van der Waals surface area contributed by atoms with Gasteiger partial charge in [0, 0.05) is 17.3 Å². The highest BCUT2D eigenvalue weighted by Gasteiger charge is 2.44. The van der Waals surface area contributed by atoms with Gasteiger partial charge in [0.15, 0.2) is 0 Å². The summed E-state index contributed by atoms with van der Waals surface area (Å²) in [4.78, 5) is 13.8. The summed E-state index contributed by atoms with van der Waals surface area (Å²) >= 11 is 1.54. The molecule has 1 aromatic carbocycles. The molecule has 2 aliphatic rings. The Kier molecular flexibility index (Phi) is 3.87. The van der Waals surface area contributed by atoms with E-state index in [1.807, 2.05) is 6.07 Å². The molecule has 1 amide bonds. The van der Waals surface area contributed by atoms with E-state index in [1.165, 1.54) is 16.0 Å². The monoisotopic (exact) mass is 337 g/mol. The molecule has 1 aromatic heterocycles. The average Bonchev–Trinajstić information content (AvgIpc) is 3.31. The van der Waals surface area contributed by atoms with Gasteiger partial charge >= 0.3 is 0 Å². The first-order valence-electron chi connectivity index (χ1n) is 8.30. The summed E-state index contributed by atoms with van der Waals surface area (Å²) in [5.41, 5.74) is 4.24. The topological polar surface area (TPSA) is 64.9 Å². The lowest BCUT2D eigenvalue weighted by atomic mass is 10.0. The van der Waals surface area contributed by atoms with Crippen LogP contribution in [0.5, 0.6) is 0 Å². The maximum atomic E-state index is 12.6. The Morgan fingerprint density at radius 2 is 2.33 bits per heavy atom. The lowest BCUT2D eigenvalue weighted by Gasteiger charge is -2.11. The molecule has 2 heterocycles. The zero-order valence-corrected chi connectivity index (χ0v) is 14.4. The van der Waals surface area contributed by atoms with Crippen molar-refractivity contribution < 1.29 is 4.79 Å². The molecule has 2 atom stereocenters. The van der Waals surface area contributed by atoms with Crippen molar-refractivity contribution in [3.8, 4) is 6.07 Å². The molecule has 0 bridgehead atoms. The van der Waals surface area contributed by atoms with Crippen molar-refractivity contribution in [3.05, 3.63) is 51.4 Å². The lowest BCUT2D eigenvalue weighted by molar-refractivity contribution is -0.117. The van der Waals surface area contributed by atoms with Gasteiger partial charge in [-0.25, -0.2) is 0 Å². The Labute approximate surface area is 145 Å². The number of hydrogen-bond donors (Lipinski definition) is 2. The molecule has 1 fully saturated rings. The third-order valence-electron chi connectivity index (χ3n) is 4.87. The fourth-order valence-corrected chi connectivity index (χ4v) is 4.67. The van der Waals surface area contributed by atoms with Crippen molar-refractivity contribution >= 4 is 22.2 Å². The number of nitrogens with one attached hydrogen (secondary N) is 2. The molecule has 2 N–H and O–H groups in total. The standard InChI is InChI=1S/C19H19N3OS/c1-11-3-2-4-12(7-11)14-8-15(14)18(23)22-19-16(9-20)13-5-6-21-10-17(13)24-19/h2-4,7,14-15,21H,5-6,8,10H2,1H3,(H,22,23). The normalized spacial score (nSPS) is 21.7. The Bertz CT molecular complexity index is 849. The van der Waals surface area contributed by atoms with Crippen LogP contribution in [-0.4, -0.2) is 12.5 Å². The van der Waals surface area contributed by atoms with Gasteiger partial charge in [0.2, 0.25) is 5.91 Å². The minimum Gasteiger partial charge on any atom is -0.316 e. The number of rotatable bonds is 3. The number of fused-ring (bicyclic) bond motifs is 1. The predicted molar refractivity (Wildman–Crippen MR) is 95.1 cm³/mol. The van der Waals surface area contributed by atoms with E-state index in [2.05, 4.69) is 41.8 Å². The molecule has 5 heteroatoms. The lowest BCUT2D eigenvalue weighted by Crippen LogP contribution is -2.22. The van der Waals surface area contributed by atoms with Crippen LogP contribution in [0.2, 0.25) is 0 Å². The number of thiophene rings is 1. The number of nitriles is 1. The SMILES string of the molecule is Cc1cccc(C2CC2C(=O)Nc2sc3c(c2C#N)CCNC3)c1. The summed E-state index contributed by atoms with van der Waals surface area (Å²) in [6, 6.07) is 10.7. The minimum atomic E-state index is 0.0237. The molecule has 0 saturated heterocycles. The average molecular weight is 337 g/mol. The highest BCUT2D eigenvalue weighted by atomic mass is 32.1. The van der Waals surface area contributed by atoms with Gasteiger partial charge in [0.05, 0.1) is 5.56 Å². The Morgan fingerprint density at radius 1 is 1.46 bits per heavy atom. The van der Waals surface area contributed by atoms with Crippen LogP contribution in [0.4, 0.5) is 5.00 Å². The van der Waals surface area contributed by atoms with E-state index < -0.39 is 0 Å². The molecular formula is C19H19N3OS. The van der Waals surface area contributed by atoms with Crippen molar-refractivity contribution in [1.29, 1.82) is 5.26 Å². The van der Waals surface area contributed by atoms with Gasteiger partial charge in [0.25, 0.3) is 0 Å². The van der Waals surface area contributed by atoms with Crippen molar-refractivity contribution in [2.24, 2.45) is 5.92 Å². The summed E-state index contributed by atoms with van der Waals surface area (Å²) in [7, 11) is 0. The molecule has 2 unspecified atom stereocenters. The summed E-state index contributed by atoms with van der Waals surface area (Å²) in [5, 5.41) is 16.5. The Balaban J connectivity index is 1.50. The number of carbonyl (C=O) groups is 1. The maximum Gasteiger partial charge on any atom is 0.228 e. The molecule has 1 aliphatic carbocycles. The number of hydrogen-bond acceptors (Lipinski definition) is 4. The molecule has 24 heavy (non-hydrogen) atoms. The zero-order valence-electron chi connectivity index (χ0n) is 13.6. The summed E-state index contributed by atoms with van der Waals surface area (Å²) in [5.74, 6) is 0.381. The van der Waals surface area contributed by atoms with E-state index in [4.69, 9.17) is 0 Å². The van der Waals surface area contributed by atoms with Crippen LogP contribution in [0.15, 0.2) is 24.3 Å². The van der Waals surface area contributed by atoms with Crippen molar-refractivity contribution in [3.63, 3.8) is 0 Å². The van der Waals surface area contributed by atoms with Crippen LogP contribution < -0.4 is 10.6 Å². The molecule has 122 valence electrons. The molecule has 0 spiro atoms. The van der Waals surface area contributed by atoms with E-state index >= 15 is 0 Å². The number of amides is 1. The van der Waals surface area contributed by atoms with E-state index in [0.29, 0.717) is 11.5 Å². The third kappa shape index (κ3) is 2.72. The highest BCUT2D eigenvalue weighted by molar-refractivity contribution is 7.16. The van der Waals surface area contributed by atoms with Gasteiger partial charge in [-0.2, -0.15) is 5.26 Å². The van der Waals surface area contributed by atoms with E-state index in [9.17, 15) is 10.1 Å². The minimum absolute atomic E-state index is 0.0237. The number of carbonyl (C=O) groups excluding carboxylic acids is 1. The second kappa shape index (κ2) is 6.04. The van der Waals surface area contributed by atoms with Gasteiger partial charge in [0.1, 0.15) is 11.1 Å². The maximum absolute atomic E-state index is 12.6. The van der Waals surface area contributed by atoms with Crippen LogP contribution in [0.25, 0.3) is 0 Å². The number of benzene rings is 1. The highest BCUT2D eigenvalue weighted by Crippen LogP contribution is 2.48. The van der Waals surface area contributed by atoms with E-state index in [-0.39, 0.29) is 11.8 Å². The molecule has 4 rings (SSSR count). The Hall–Kier alpha value is -2.16. The molecule has 1 aliphatic heterocycles. The summed E-state index contributed by atoms with van der Waals surface area (Å²) in [6.45, 7) is 3.76. The number of anilines is 1. The van der Waals surface area contributed by atoms with Crippen LogP contribution >= 0.6 is 11.3 Å². The zero-order chi connectivity index (χ0) is 16.7. The fraction of sp³-hybridized carbons (Fsp3) is 0.368. The second-order valence-electron chi connectivity index (χ2n) is 6.60. The van der Waals surface area contributed by atoms with Gasteiger partial charge in [-0.15, -0.1) is 11.3 Å². The van der Waals surface area contributed by atoms with Gasteiger partial charge in [-0.3, -0.25) is 4.79 Å². The van der Waals surface area contributed by atoms with Crippen LogP contribution in [0.3, 0.4) is 0 Å². The summed E-state index contributed by atoms with van der Waals surface area (Å²) in [6.07, 6.45) is 1.75. The molecule has 1 saturated carbocycles. The number of nitrogens with zero attached hydrogens (tertiary/aromatic N) is 1. The fourth-order valence-electron chi connectivity index (χ4n) is 3.50. The quantitative estimate of drug-likeness (QED) is 0.903. The van der Waals surface area contributed by atoms with Gasteiger partial charge < -0.3 is 10.6 Å². The Morgan fingerprint density at radius 3 is 3.12 bits per heavy atom.